The molecule has 0 spiro atoms. The number of aromatic nitrogens is 1. The Labute approximate surface area is 118 Å². The van der Waals surface area contributed by atoms with Crippen molar-refractivity contribution in [2.45, 2.75) is 25.4 Å². The first-order valence-electron chi connectivity index (χ1n) is 6.82. The lowest BCUT2D eigenvalue weighted by molar-refractivity contribution is 0.415. The number of anilines is 2. The fraction of sp³-hybridized carbons (Fsp3) is 0.400. The van der Waals surface area contributed by atoms with Gasteiger partial charge in [0.05, 0.1) is 12.8 Å². The molecule has 1 aliphatic rings. The van der Waals surface area contributed by atoms with Crippen LogP contribution in [0.3, 0.4) is 0 Å². The fourth-order valence-electron chi connectivity index (χ4n) is 1.98. The van der Waals surface area contributed by atoms with Crippen LogP contribution in [0.15, 0.2) is 34.9 Å². The van der Waals surface area contributed by atoms with Gasteiger partial charge in [-0.3, -0.25) is 4.90 Å². The molecule has 2 aromatic rings. The first-order chi connectivity index (χ1) is 9.76. The van der Waals surface area contributed by atoms with E-state index in [4.69, 9.17) is 9.15 Å². The van der Waals surface area contributed by atoms with Crippen LogP contribution in [0.5, 0.6) is 5.75 Å². The molecule has 1 N–H and O–H groups in total. The third-order valence-corrected chi connectivity index (χ3v) is 3.44. The summed E-state index contributed by atoms with van der Waals surface area (Å²) in [4.78, 5) is 6.41. The Morgan fingerprint density at radius 2 is 2.10 bits per heavy atom. The van der Waals surface area contributed by atoms with Crippen molar-refractivity contribution in [2.24, 2.45) is 0 Å². The maximum atomic E-state index is 5.53. The van der Waals surface area contributed by atoms with Gasteiger partial charge in [0.25, 0.3) is 0 Å². The van der Waals surface area contributed by atoms with Gasteiger partial charge in [0.15, 0.2) is 0 Å². The third-order valence-electron chi connectivity index (χ3n) is 3.44. The molecule has 1 fully saturated rings. The summed E-state index contributed by atoms with van der Waals surface area (Å²) in [6, 6.07) is 9.07. The van der Waals surface area contributed by atoms with Gasteiger partial charge < -0.3 is 14.5 Å². The molecule has 106 valence electrons. The van der Waals surface area contributed by atoms with E-state index in [1.54, 1.807) is 13.4 Å². The quantitative estimate of drug-likeness (QED) is 0.877. The SMILES string of the molecule is COc1ccc(N(C)c2nc(CNC3CC3)co2)cc1. The van der Waals surface area contributed by atoms with Gasteiger partial charge in [0.2, 0.25) is 0 Å². The highest BCUT2D eigenvalue weighted by Crippen LogP contribution is 2.25. The molecule has 5 heteroatoms. The molecule has 1 aromatic heterocycles. The fourth-order valence-corrected chi connectivity index (χ4v) is 1.98. The molecule has 1 aliphatic carbocycles. The van der Waals surface area contributed by atoms with Crippen molar-refractivity contribution in [1.29, 1.82) is 0 Å². The minimum atomic E-state index is 0.600. The summed E-state index contributed by atoms with van der Waals surface area (Å²) < 4.78 is 10.7. The molecule has 0 radical (unpaired) electrons. The van der Waals surface area contributed by atoms with Crippen molar-refractivity contribution in [3.63, 3.8) is 0 Å². The van der Waals surface area contributed by atoms with E-state index in [0.717, 1.165) is 23.7 Å². The summed E-state index contributed by atoms with van der Waals surface area (Å²) in [5, 5.41) is 3.42. The van der Waals surface area contributed by atoms with Gasteiger partial charge in [0, 0.05) is 25.3 Å². The Morgan fingerprint density at radius 1 is 1.35 bits per heavy atom. The highest BCUT2D eigenvalue weighted by molar-refractivity contribution is 5.56. The molecule has 3 rings (SSSR count). The molecule has 20 heavy (non-hydrogen) atoms. The van der Waals surface area contributed by atoms with Gasteiger partial charge in [-0.1, -0.05) is 0 Å². The van der Waals surface area contributed by atoms with Crippen molar-refractivity contribution in [3.05, 3.63) is 36.2 Å². The number of hydrogen-bond acceptors (Lipinski definition) is 5. The van der Waals surface area contributed by atoms with Crippen LogP contribution in [0, 0.1) is 0 Å². The Morgan fingerprint density at radius 3 is 2.75 bits per heavy atom. The predicted octanol–water partition coefficient (Wildman–Crippen LogP) is 2.70. The van der Waals surface area contributed by atoms with E-state index in [1.807, 2.05) is 36.2 Å². The van der Waals surface area contributed by atoms with Gasteiger partial charge in [0.1, 0.15) is 12.0 Å². The van der Waals surface area contributed by atoms with Crippen LogP contribution in [0.4, 0.5) is 11.7 Å². The number of methoxy groups -OCH3 is 1. The van der Waals surface area contributed by atoms with E-state index in [-0.39, 0.29) is 0 Å². The topological polar surface area (TPSA) is 50.5 Å². The molecule has 0 amide bonds. The lowest BCUT2D eigenvalue weighted by Gasteiger charge is -2.14. The number of nitrogens with zero attached hydrogens (tertiary/aromatic N) is 2. The van der Waals surface area contributed by atoms with Crippen LogP contribution in [0.2, 0.25) is 0 Å². The lowest BCUT2D eigenvalue weighted by atomic mass is 10.3. The molecule has 0 aliphatic heterocycles. The van der Waals surface area contributed by atoms with Crippen molar-refractivity contribution in [3.8, 4) is 5.75 Å². The number of oxazole rings is 1. The normalized spacial score (nSPS) is 14.3. The van der Waals surface area contributed by atoms with E-state index in [9.17, 15) is 0 Å². The summed E-state index contributed by atoms with van der Waals surface area (Å²) in [5.41, 5.74) is 1.95. The van der Waals surface area contributed by atoms with E-state index in [1.165, 1.54) is 12.8 Å². The van der Waals surface area contributed by atoms with Crippen molar-refractivity contribution in [2.75, 3.05) is 19.1 Å². The second-order valence-corrected chi connectivity index (χ2v) is 5.03. The van der Waals surface area contributed by atoms with Gasteiger partial charge in [-0.15, -0.1) is 0 Å². The van der Waals surface area contributed by atoms with Crippen LogP contribution >= 0.6 is 0 Å². The molecular weight excluding hydrogens is 254 g/mol. The number of ether oxygens (including phenoxy) is 1. The third kappa shape index (κ3) is 2.93. The average molecular weight is 273 g/mol. The first-order valence-corrected chi connectivity index (χ1v) is 6.82. The number of benzene rings is 1. The minimum Gasteiger partial charge on any atom is -0.497 e. The zero-order valence-corrected chi connectivity index (χ0v) is 11.8. The average Bonchev–Trinajstić information content (AvgIpc) is 3.21. The maximum absolute atomic E-state index is 5.53. The van der Waals surface area contributed by atoms with E-state index in [2.05, 4.69) is 10.3 Å². The maximum Gasteiger partial charge on any atom is 0.301 e. The highest BCUT2D eigenvalue weighted by Gasteiger charge is 2.21. The molecular formula is C15H19N3O2. The van der Waals surface area contributed by atoms with E-state index in [0.29, 0.717) is 12.1 Å². The second kappa shape index (κ2) is 5.54. The zero-order chi connectivity index (χ0) is 13.9. The van der Waals surface area contributed by atoms with Crippen LogP contribution in [-0.2, 0) is 6.54 Å². The van der Waals surface area contributed by atoms with Crippen LogP contribution in [0.25, 0.3) is 0 Å². The Bertz CT molecular complexity index is 561. The summed E-state index contributed by atoms with van der Waals surface area (Å²) in [6.45, 7) is 0.768. The highest BCUT2D eigenvalue weighted by atomic mass is 16.5. The van der Waals surface area contributed by atoms with Crippen molar-refractivity contribution < 1.29 is 9.15 Å². The van der Waals surface area contributed by atoms with Gasteiger partial charge in [-0.25, -0.2) is 0 Å². The first kappa shape index (κ1) is 13.0. The predicted molar refractivity (Wildman–Crippen MR) is 77.4 cm³/mol. The summed E-state index contributed by atoms with van der Waals surface area (Å²) >= 11 is 0. The van der Waals surface area contributed by atoms with Gasteiger partial charge in [-0.2, -0.15) is 4.98 Å². The molecule has 0 bridgehead atoms. The van der Waals surface area contributed by atoms with Crippen molar-refractivity contribution in [1.82, 2.24) is 10.3 Å². The van der Waals surface area contributed by atoms with Crippen molar-refractivity contribution >= 4 is 11.7 Å². The monoisotopic (exact) mass is 273 g/mol. The Kier molecular flexibility index (Phi) is 3.60. The number of hydrogen-bond donors (Lipinski definition) is 1. The molecule has 0 unspecified atom stereocenters. The Balaban J connectivity index is 1.66. The molecule has 1 heterocycles. The largest absolute Gasteiger partial charge is 0.497 e. The molecule has 0 saturated heterocycles. The Hall–Kier alpha value is -2.01. The molecule has 0 atom stereocenters. The van der Waals surface area contributed by atoms with Crippen LogP contribution in [-0.4, -0.2) is 25.2 Å². The van der Waals surface area contributed by atoms with E-state index < -0.39 is 0 Å². The zero-order valence-electron chi connectivity index (χ0n) is 11.8. The standard InChI is InChI=1S/C15H19N3O2/c1-18(13-5-7-14(19-2)8-6-13)15-17-12(10-20-15)9-16-11-3-4-11/h5-8,10-11,16H,3-4,9H2,1-2H3. The smallest absolute Gasteiger partial charge is 0.301 e. The van der Waals surface area contributed by atoms with Crippen LogP contribution in [0.1, 0.15) is 18.5 Å². The van der Waals surface area contributed by atoms with Crippen LogP contribution < -0.4 is 15.0 Å². The number of rotatable bonds is 6. The summed E-state index contributed by atoms with van der Waals surface area (Å²) in [5.74, 6) is 0.837. The molecule has 5 nitrogen and oxygen atoms in total. The molecule has 1 saturated carbocycles. The number of nitrogens with one attached hydrogen (secondary N) is 1. The lowest BCUT2D eigenvalue weighted by Crippen LogP contribution is -2.16. The van der Waals surface area contributed by atoms with Gasteiger partial charge in [-0.05, 0) is 37.1 Å². The van der Waals surface area contributed by atoms with E-state index >= 15 is 0 Å². The summed E-state index contributed by atoms with van der Waals surface area (Å²) in [7, 11) is 3.59. The minimum absolute atomic E-state index is 0.600. The second-order valence-electron chi connectivity index (χ2n) is 5.03. The van der Waals surface area contributed by atoms with Gasteiger partial charge >= 0.3 is 6.01 Å². The summed E-state index contributed by atoms with van der Waals surface area (Å²) in [6.07, 6.45) is 4.26. The molecule has 1 aromatic carbocycles.